The highest BCUT2D eigenvalue weighted by molar-refractivity contribution is 6.33. The normalized spacial score (nSPS) is 23.2. The van der Waals surface area contributed by atoms with Gasteiger partial charge in [0.25, 0.3) is 0 Å². The van der Waals surface area contributed by atoms with E-state index < -0.39 is 66.2 Å². The summed E-state index contributed by atoms with van der Waals surface area (Å²) in [5.41, 5.74) is -0.536. The summed E-state index contributed by atoms with van der Waals surface area (Å²) in [5.74, 6) is -3.73. The van der Waals surface area contributed by atoms with Crippen LogP contribution in [-0.2, 0) is 39.5 Å². The molecule has 0 aromatic carbocycles. The van der Waals surface area contributed by atoms with Crippen molar-refractivity contribution in [1.82, 2.24) is 19.5 Å². The summed E-state index contributed by atoms with van der Waals surface area (Å²) in [5, 5.41) is -0.559. The third-order valence-corrected chi connectivity index (χ3v) is 4.51. The number of esters is 3. The van der Waals surface area contributed by atoms with Crippen LogP contribution in [-0.4, -0.2) is 62.3 Å². The van der Waals surface area contributed by atoms with E-state index in [1.165, 1.54) is 0 Å². The first-order valence-electron chi connectivity index (χ1n) is 8.99. The number of fused-ring (bicyclic) bond motifs is 1. The van der Waals surface area contributed by atoms with Gasteiger partial charge in [0.15, 0.2) is 29.2 Å². The molecule has 1 unspecified atom stereocenters. The Bertz CT molecular complexity index is 1060. The predicted molar refractivity (Wildman–Crippen MR) is 97.0 cm³/mol. The van der Waals surface area contributed by atoms with Crippen LogP contribution in [0.5, 0.6) is 0 Å². The van der Waals surface area contributed by atoms with Crippen molar-refractivity contribution in [3.63, 3.8) is 0 Å². The number of hydrogen-bond acceptors (Lipinski definition) is 10. The Morgan fingerprint density at radius 3 is 2.28 bits per heavy atom. The summed E-state index contributed by atoms with van der Waals surface area (Å²) in [6.07, 6.45) is -8.90. The predicted octanol–water partition coefficient (Wildman–Crippen LogP) is 1.82. The molecule has 1 saturated heterocycles. The second-order valence-corrected chi connectivity index (χ2v) is 7.03. The molecule has 174 valence electrons. The van der Waals surface area contributed by atoms with Crippen LogP contribution in [0.4, 0.5) is 13.2 Å². The van der Waals surface area contributed by atoms with Crippen molar-refractivity contribution in [3.05, 3.63) is 17.3 Å². The van der Waals surface area contributed by atoms with Crippen molar-refractivity contribution in [2.24, 2.45) is 0 Å². The maximum atomic E-state index is 13.2. The molecule has 15 heteroatoms. The number of hydrogen-bond donors (Lipinski definition) is 0. The van der Waals surface area contributed by atoms with Crippen molar-refractivity contribution in [2.45, 2.75) is 51.5 Å². The number of ether oxygens (including phenoxy) is 4. The lowest BCUT2D eigenvalue weighted by Gasteiger charge is -2.23. The van der Waals surface area contributed by atoms with Gasteiger partial charge in [-0.25, -0.2) is 15.0 Å². The van der Waals surface area contributed by atoms with Gasteiger partial charge in [-0.3, -0.25) is 19.0 Å². The second kappa shape index (κ2) is 8.86. The van der Waals surface area contributed by atoms with Crippen LogP contribution in [0, 0.1) is 0 Å². The minimum absolute atomic E-state index is 0.169. The molecule has 0 N–H and O–H groups in total. The number of aromatic nitrogens is 4. The highest BCUT2D eigenvalue weighted by Gasteiger charge is 2.51. The number of carbonyl (C=O) groups is 3. The summed E-state index contributed by atoms with van der Waals surface area (Å²) in [6, 6.07) is 0. The van der Waals surface area contributed by atoms with Crippen LogP contribution in [0.25, 0.3) is 11.2 Å². The minimum Gasteiger partial charge on any atom is -0.463 e. The van der Waals surface area contributed by atoms with Gasteiger partial charge in [0.2, 0.25) is 5.82 Å². The number of nitrogens with zero attached hydrogens (tertiary/aromatic N) is 4. The molecule has 11 nitrogen and oxygen atoms in total. The van der Waals surface area contributed by atoms with E-state index in [4.69, 9.17) is 30.5 Å². The molecule has 32 heavy (non-hydrogen) atoms. The van der Waals surface area contributed by atoms with E-state index in [0.29, 0.717) is 0 Å². The third-order valence-electron chi connectivity index (χ3n) is 4.25. The van der Waals surface area contributed by atoms with Crippen LogP contribution >= 0.6 is 11.6 Å². The van der Waals surface area contributed by atoms with Gasteiger partial charge in [-0.05, 0) is 0 Å². The Kier molecular flexibility index (Phi) is 6.55. The average Bonchev–Trinajstić information content (AvgIpc) is 3.21. The van der Waals surface area contributed by atoms with E-state index in [2.05, 4.69) is 15.0 Å². The molecule has 3 rings (SSSR count). The zero-order valence-electron chi connectivity index (χ0n) is 16.8. The summed E-state index contributed by atoms with van der Waals surface area (Å²) in [6.45, 7) is 2.92. The van der Waals surface area contributed by atoms with Gasteiger partial charge in [-0.2, -0.15) is 13.2 Å². The van der Waals surface area contributed by atoms with Crippen LogP contribution in [0.15, 0.2) is 6.33 Å². The Labute approximate surface area is 182 Å². The molecular weight excluding hydrogens is 465 g/mol. The Hall–Kier alpha value is -3.00. The second-order valence-electron chi connectivity index (χ2n) is 6.68. The lowest BCUT2D eigenvalue weighted by molar-refractivity contribution is -0.166. The minimum atomic E-state index is -4.91. The Balaban J connectivity index is 2.09. The summed E-state index contributed by atoms with van der Waals surface area (Å²) >= 11 is 5.84. The lowest BCUT2D eigenvalue weighted by atomic mass is 10.1. The molecule has 2 aromatic heterocycles. The molecule has 1 aliphatic heterocycles. The molecule has 0 amide bonds. The van der Waals surface area contributed by atoms with Crippen molar-refractivity contribution in [3.8, 4) is 0 Å². The van der Waals surface area contributed by atoms with E-state index in [9.17, 15) is 27.6 Å². The van der Waals surface area contributed by atoms with Gasteiger partial charge in [0.05, 0.1) is 6.33 Å². The zero-order chi connectivity index (χ0) is 23.8. The molecule has 0 saturated carbocycles. The van der Waals surface area contributed by atoms with Gasteiger partial charge in [0, 0.05) is 20.8 Å². The Morgan fingerprint density at radius 2 is 1.72 bits per heavy atom. The van der Waals surface area contributed by atoms with E-state index in [1.807, 2.05) is 0 Å². The number of alkyl halides is 3. The third kappa shape index (κ3) is 4.91. The fraction of sp³-hybridized carbons (Fsp3) is 0.529. The van der Waals surface area contributed by atoms with Crippen LogP contribution in [0.1, 0.15) is 32.8 Å². The van der Waals surface area contributed by atoms with Crippen LogP contribution in [0.3, 0.4) is 0 Å². The quantitative estimate of drug-likeness (QED) is 0.354. The summed E-state index contributed by atoms with van der Waals surface area (Å²) in [4.78, 5) is 45.1. The lowest BCUT2D eigenvalue weighted by Crippen LogP contribution is -2.40. The van der Waals surface area contributed by atoms with Crippen molar-refractivity contribution in [1.29, 1.82) is 0 Å². The van der Waals surface area contributed by atoms with Gasteiger partial charge in [-0.15, -0.1) is 0 Å². The zero-order valence-corrected chi connectivity index (χ0v) is 17.5. The number of imidazole rings is 1. The molecular formula is C17H16ClF3N4O7. The van der Waals surface area contributed by atoms with E-state index in [1.54, 1.807) is 0 Å². The molecule has 4 atom stereocenters. The number of rotatable bonds is 5. The highest BCUT2D eigenvalue weighted by Crippen LogP contribution is 2.37. The smallest absolute Gasteiger partial charge is 0.451 e. The van der Waals surface area contributed by atoms with E-state index >= 15 is 0 Å². The largest absolute Gasteiger partial charge is 0.463 e. The molecule has 1 aliphatic rings. The van der Waals surface area contributed by atoms with Gasteiger partial charge in [-0.1, -0.05) is 11.6 Å². The number of halogens is 4. The molecule has 0 aliphatic carbocycles. The number of carbonyl (C=O) groups excluding carboxylic acids is 3. The molecule has 0 radical (unpaired) electrons. The molecule has 0 bridgehead atoms. The first kappa shape index (κ1) is 23.7. The topological polar surface area (TPSA) is 132 Å². The summed E-state index contributed by atoms with van der Waals surface area (Å²) in [7, 11) is 0. The van der Waals surface area contributed by atoms with E-state index in [-0.39, 0.29) is 11.2 Å². The average molecular weight is 481 g/mol. The van der Waals surface area contributed by atoms with Crippen LogP contribution < -0.4 is 0 Å². The maximum Gasteiger partial charge on any atom is 0.451 e. The fourth-order valence-electron chi connectivity index (χ4n) is 3.11. The van der Waals surface area contributed by atoms with E-state index in [0.717, 1.165) is 31.7 Å². The van der Waals surface area contributed by atoms with Gasteiger partial charge in [0.1, 0.15) is 18.2 Å². The SMILES string of the molecule is CC(=O)OC[C@H]1OC(n2cnc3c(Cl)nc(C(F)(F)F)nc32)[C@H](OC(C)=O)[C@@H]1OC(C)=O. The van der Waals surface area contributed by atoms with Crippen molar-refractivity contribution < 1.29 is 46.5 Å². The first-order chi connectivity index (χ1) is 14.9. The summed E-state index contributed by atoms with van der Waals surface area (Å²) < 4.78 is 61.7. The van der Waals surface area contributed by atoms with Gasteiger partial charge < -0.3 is 18.9 Å². The first-order valence-corrected chi connectivity index (χ1v) is 9.36. The monoisotopic (exact) mass is 480 g/mol. The van der Waals surface area contributed by atoms with Crippen molar-refractivity contribution in [2.75, 3.05) is 6.61 Å². The van der Waals surface area contributed by atoms with Crippen molar-refractivity contribution >= 4 is 40.7 Å². The maximum absolute atomic E-state index is 13.2. The Morgan fingerprint density at radius 1 is 1.09 bits per heavy atom. The van der Waals surface area contributed by atoms with Gasteiger partial charge >= 0.3 is 24.1 Å². The standard InChI is InChI=1S/C17H16ClF3N4O7/c1-6(26)29-4-9-11(30-7(2)27)12(31-8(3)28)15(32-9)25-5-22-10-13(18)23-16(17(19,20)21)24-14(10)25/h5,9,11-12,15H,4H2,1-3H3/t9-,11-,12-,15?/m1/s1. The molecule has 1 fully saturated rings. The highest BCUT2D eigenvalue weighted by atomic mass is 35.5. The fourth-order valence-corrected chi connectivity index (χ4v) is 3.33. The van der Waals surface area contributed by atoms with Crippen LogP contribution in [0.2, 0.25) is 5.15 Å². The molecule has 0 spiro atoms. The molecule has 2 aromatic rings. The molecule has 3 heterocycles.